The Morgan fingerprint density at radius 2 is 1.86 bits per heavy atom. The molecular weight excluding hydrogens is 364 g/mol. The van der Waals surface area contributed by atoms with Crippen molar-refractivity contribution in [2.45, 2.75) is 25.1 Å². The highest BCUT2D eigenvalue weighted by Crippen LogP contribution is 2.26. The molecule has 3 rings (SSSR count). The molecular formula is C21H25F2N3O2. The number of nitrogens with two attached hydrogens (primary N) is 1. The topological polar surface area (TPSA) is 58.8 Å². The molecule has 2 N–H and O–H groups in total. The summed E-state index contributed by atoms with van der Waals surface area (Å²) in [4.78, 5) is 16.3. The number of hydrogen-bond donors (Lipinski definition) is 1. The summed E-state index contributed by atoms with van der Waals surface area (Å²) in [6, 6.07) is 16.4. The minimum absolute atomic E-state index is 0.00267. The summed E-state index contributed by atoms with van der Waals surface area (Å²) in [5.74, 6) is 0.321. The van der Waals surface area contributed by atoms with Crippen LogP contribution in [0.15, 0.2) is 54.6 Å². The number of ether oxygens (including phenoxy) is 1. The van der Waals surface area contributed by atoms with Gasteiger partial charge in [-0.1, -0.05) is 42.5 Å². The molecule has 1 aliphatic heterocycles. The van der Waals surface area contributed by atoms with Crippen LogP contribution in [0.2, 0.25) is 0 Å². The number of likely N-dealkylation sites (tertiary alicyclic amines) is 1. The van der Waals surface area contributed by atoms with Crippen LogP contribution in [0.4, 0.5) is 8.78 Å². The smallest absolute Gasteiger partial charge is 0.387 e. The Labute approximate surface area is 163 Å². The Morgan fingerprint density at radius 3 is 2.50 bits per heavy atom. The van der Waals surface area contributed by atoms with Crippen LogP contribution in [-0.4, -0.2) is 55.0 Å². The van der Waals surface area contributed by atoms with E-state index in [1.807, 2.05) is 18.2 Å². The molecule has 0 aliphatic carbocycles. The predicted octanol–water partition coefficient (Wildman–Crippen LogP) is 2.67. The number of hydrogen-bond acceptors (Lipinski definition) is 4. The Kier molecular flexibility index (Phi) is 6.59. The maximum absolute atomic E-state index is 12.6. The van der Waals surface area contributed by atoms with E-state index >= 15 is 0 Å². The molecule has 1 aliphatic rings. The van der Waals surface area contributed by atoms with E-state index < -0.39 is 6.61 Å². The van der Waals surface area contributed by atoms with Gasteiger partial charge in [-0.05, 0) is 23.3 Å². The van der Waals surface area contributed by atoms with Crippen LogP contribution in [0.1, 0.15) is 17.0 Å². The molecule has 0 aromatic heterocycles. The third-order valence-corrected chi connectivity index (χ3v) is 5.02. The zero-order valence-electron chi connectivity index (χ0n) is 15.8. The van der Waals surface area contributed by atoms with Crippen molar-refractivity contribution < 1.29 is 18.3 Å². The molecule has 7 heteroatoms. The minimum atomic E-state index is -2.85. The largest absolute Gasteiger partial charge is 0.435 e. The Morgan fingerprint density at radius 1 is 1.18 bits per heavy atom. The van der Waals surface area contributed by atoms with Gasteiger partial charge < -0.3 is 15.4 Å². The summed E-state index contributed by atoms with van der Waals surface area (Å²) in [6.45, 7) is -0.708. The zero-order valence-corrected chi connectivity index (χ0v) is 15.8. The van der Waals surface area contributed by atoms with Crippen LogP contribution in [0, 0.1) is 0 Å². The molecule has 0 bridgehead atoms. The fourth-order valence-electron chi connectivity index (χ4n) is 3.55. The monoisotopic (exact) mass is 389 g/mol. The first-order valence-electron chi connectivity index (χ1n) is 9.23. The molecule has 0 saturated carbocycles. The number of benzene rings is 2. The summed E-state index contributed by atoms with van der Waals surface area (Å²) in [6.07, 6.45) is 0. The number of carbonyl (C=O) groups is 1. The van der Waals surface area contributed by atoms with Gasteiger partial charge in [0.1, 0.15) is 5.75 Å². The average Bonchev–Trinajstić information content (AvgIpc) is 3.03. The van der Waals surface area contributed by atoms with Gasteiger partial charge in [0.15, 0.2) is 0 Å². The van der Waals surface area contributed by atoms with Crippen LogP contribution in [0.3, 0.4) is 0 Å². The second kappa shape index (κ2) is 9.12. The van der Waals surface area contributed by atoms with Crippen LogP contribution in [0.25, 0.3) is 0 Å². The summed E-state index contributed by atoms with van der Waals surface area (Å²) in [5, 5.41) is 0. The first-order valence-corrected chi connectivity index (χ1v) is 9.23. The normalized spacial score (nSPS) is 19.8. The van der Waals surface area contributed by atoms with Crippen LogP contribution < -0.4 is 10.5 Å². The fourth-order valence-corrected chi connectivity index (χ4v) is 3.55. The Hall–Kier alpha value is -2.51. The van der Waals surface area contributed by atoms with Crippen LogP contribution >= 0.6 is 0 Å². The second-order valence-corrected chi connectivity index (χ2v) is 7.15. The summed E-state index contributed by atoms with van der Waals surface area (Å²) in [7, 11) is 1.73. The van der Waals surface area contributed by atoms with E-state index in [9.17, 15) is 13.6 Å². The standard InChI is InChI=1S/C21H25F2N3O2/c1-25(11-15-7-9-17(10-8-15)28-21(22)23)20(27)14-26-12-18(19(24)13-26)16-5-3-2-4-6-16/h2-10,18-19,21H,11-14,24H2,1H3/t18-,19+/m0/s1. The van der Waals surface area contributed by atoms with Gasteiger partial charge in [-0.2, -0.15) is 8.78 Å². The fraction of sp³-hybridized carbons (Fsp3) is 0.381. The summed E-state index contributed by atoms with van der Waals surface area (Å²) < 4.78 is 28.7. The Balaban J connectivity index is 1.52. The van der Waals surface area contributed by atoms with Gasteiger partial charge in [0.05, 0.1) is 6.54 Å². The van der Waals surface area contributed by atoms with E-state index in [2.05, 4.69) is 21.8 Å². The molecule has 28 heavy (non-hydrogen) atoms. The lowest BCUT2D eigenvalue weighted by molar-refractivity contribution is -0.131. The van der Waals surface area contributed by atoms with Crippen molar-refractivity contribution >= 4 is 5.91 Å². The molecule has 2 aromatic rings. The molecule has 1 amide bonds. The first kappa shape index (κ1) is 20.2. The number of halogens is 2. The van der Waals surface area contributed by atoms with E-state index in [-0.39, 0.29) is 23.6 Å². The van der Waals surface area contributed by atoms with E-state index in [4.69, 9.17) is 5.73 Å². The Bertz CT molecular complexity index is 771. The highest BCUT2D eigenvalue weighted by atomic mass is 19.3. The highest BCUT2D eigenvalue weighted by molar-refractivity contribution is 5.78. The molecule has 2 aromatic carbocycles. The molecule has 5 nitrogen and oxygen atoms in total. The van der Waals surface area contributed by atoms with Crippen molar-refractivity contribution in [3.63, 3.8) is 0 Å². The van der Waals surface area contributed by atoms with Gasteiger partial charge in [-0.25, -0.2) is 0 Å². The third kappa shape index (κ3) is 5.27. The van der Waals surface area contributed by atoms with E-state index in [0.29, 0.717) is 19.6 Å². The third-order valence-electron chi connectivity index (χ3n) is 5.02. The minimum Gasteiger partial charge on any atom is -0.435 e. The lowest BCUT2D eigenvalue weighted by Crippen LogP contribution is -2.38. The number of alkyl halides is 2. The van der Waals surface area contributed by atoms with Crippen LogP contribution in [0.5, 0.6) is 5.75 Å². The molecule has 1 saturated heterocycles. The SMILES string of the molecule is CN(Cc1ccc(OC(F)F)cc1)C(=O)CN1C[C@@H](N)[C@H](c2ccccc2)C1. The quantitative estimate of drug-likeness (QED) is 0.791. The molecule has 150 valence electrons. The van der Waals surface area contributed by atoms with Crippen molar-refractivity contribution in [2.24, 2.45) is 5.73 Å². The lowest BCUT2D eigenvalue weighted by atomic mass is 9.95. The maximum Gasteiger partial charge on any atom is 0.387 e. The van der Waals surface area contributed by atoms with Gasteiger partial charge >= 0.3 is 6.61 Å². The number of carbonyl (C=O) groups excluding carboxylic acids is 1. The molecule has 2 atom stereocenters. The second-order valence-electron chi connectivity index (χ2n) is 7.15. The van der Waals surface area contributed by atoms with E-state index in [1.165, 1.54) is 17.7 Å². The highest BCUT2D eigenvalue weighted by Gasteiger charge is 2.32. The molecule has 0 unspecified atom stereocenters. The van der Waals surface area contributed by atoms with Gasteiger partial charge in [0, 0.05) is 38.6 Å². The van der Waals surface area contributed by atoms with Gasteiger partial charge in [-0.15, -0.1) is 0 Å². The maximum atomic E-state index is 12.6. The number of amides is 1. The van der Waals surface area contributed by atoms with Crippen molar-refractivity contribution in [3.05, 3.63) is 65.7 Å². The zero-order chi connectivity index (χ0) is 20.1. The molecule has 1 fully saturated rings. The molecule has 1 heterocycles. The van der Waals surface area contributed by atoms with Crippen LogP contribution in [-0.2, 0) is 11.3 Å². The number of likely N-dealkylation sites (N-methyl/N-ethyl adjacent to an activating group) is 1. The van der Waals surface area contributed by atoms with E-state index in [0.717, 1.165) is 12.1 Å². The van der Waals surface area contributed by atoms with E-state index in [1.54, 1.807) is 24.1 Å². The summed E-state index contributed by atoms with van der Waals surface area (Å²) >= 11 is 0. The summed E-state index contributed by atoms with van der Waals surface area (Å²) in [5.41, 5.74) is 8.34. The van der Waals surface area contributed by atoms with Crippen molar-refractivity contribution in [1.29, 1.82) is 0 Å². The lowest BCUT2D eigenvalue weighted by Gasteiger charge is -2.22. The van der Waals surface area contributed by atoms with Crippen molar-refractivity contribution in [3.8, 4) is 5.75 Å². The van der Waals surface area contributed by atoms with Gasteiger partial charge in [-0.3, -0.25) is 9.69 Å². The van der Waals surface area contributed by atoms with Crippen molar-refractivity contribution in [2.75, 3.05) is 26.7 Å². The van der Waals surface area contributed by atoms with Crippen molar-refractivity contribution in [1.82, 2.24) is 9.80 Å². The molecule has 0 spiro atoms. The predicted molar refractivity (Wildman–Crippen MR) is 103 cm³/mol. The van der Waals surface area contributed by atoms with Gasteiger partial charge in [0.2, 0.25) is 5.91 Å². The van der Waals surface area contributed by atoms with Gasteiger partial charge in [0.25, 0.3) is 0 Å². The molecule has 0 radical (unpaired) electrons. The average molecular weight is 389 g/mol. The first-order chi connectivity index (χ1) is 13.4. The number of nitrogens with zero attached hydrogens (tertiary/aromatic N) is 2. The number of rotatable bonds is 7.